The molecule has 0 aromatic carbocycles. The summed E-state index contributed by atoms with van der Waals surface area (Å²) in [6.45, 7) is 4.81. The molecule has 0 aliphatic carbocycles. The maximum absolute atomic E-state index is 10.9. The first-order chi connectivity index (χ1) is 5.00. The largest absolute Gasteiger partial charge is 0.374 e. The highest BCUT2D eigenvalue weighted by Gasteiger charge is 2.18. The van der Waals surface area contributed by atoms with Crippen molar-refractivity contribution in [2.45, 2.75) is 33.2 Å². The lowest BCUT2D eigenvalue weighted by atomic mass is 10.4. The summed E-state index contributed by atoms with van der Waals surface area (Å²) in [7, 11) is 1.74. The minimum absolute atomic E-state index is 0.132. The van der Waals surface area contributed by atoms with Crippen molar-refractivity contribution in [3.05, 3.63) is 0 Å². The molecule has 0 fully saturated rings. The number of carbonyl (C=O) groups excluding carboxylic acids is 1. The van der Waals surface area contributed by atoms with Gasteiger partial charge in [-0.25, -0.2) is 0 Å². The van der Waals surface area contributed by atoms with Gasteiger partial charge in [0.1, 0.15) is 6.23 Å². The van der Waals surface area contributed by atoms with Crippen LogP contribution < -0.4 is 5.32 Å². The second kappa shape index (κ2) is 4.31. The standard InChI is InChI=1S/C7H16N2O2/c1-5(8-4)9(6(2)10)7(3)11/h5-6,8,10H,1-4H3. The van der Waals surface area contributed by atoms with Crippen LogP contribution in [0, 0.1) is 0 Å². The Hall–Kier alpha value is -0.610. The summed E-state index contributed by atoms with van der Waals surface area (Å²) in [5.41, 5.74) is 0. The lowest BCUT2D eigenvalue weighted by Gasteiger charge is -2.30. The van der Waals surface area contributed by atoms with E-state index in [4.69, 9.17) is 5.11 Å². The van der Waals surface area contributed by atoms with Crippen molar-refractivity contribution >= 4 is 5.91 Å². The second-order valence-electron chi connectivity index (χ2n) is 2.52. The summed E-state index contributed by atoms with van der Waals surface area (Å²) in [6.07, 6.45) is -0.873. The minimum atomic E-state index is -0.741. The molecule has 0 radical (unpaired) electrons. The normalized spacial score (nSPS) is 15.7. The van der Waals surface area contributed by atoms with Gasteiger partial charge in [0.25, 0.3) is 0 Å². The third kappa shape index (κ3) is 2.86. The van der Waals surface area contributed by atoms with Gasteiger partial charge in [-0.2, -0.15) is 0 Å². The zero-order valence-corrected chi connectivity index (χ0v) is 7.46. The predicted octanol–water partition coefficient (Wildman–Crippen LogP) is -0.261. The number of amides is 1. The van der Waals surface area contributed by atoms with E-state index in [0.717, 1.165) is 0 Å². The third-order valence-corrected chi connectivity index (χ3v) is 1.60. The Labute approximate surface area is 67.2 Å². The van der Waals surface area contributed by atoms with Crippen LogP contribution >= 0.6 is 0 Å². The van der Waals surface area contributed by atoms with E-state index >= 15 is 0 Å². The van der Waals surface area contributed by atoms with E-state index in [1.807, 2.05) is 6.92 Å². The average Bonchev–Trinajstić information content (AvgIpc) is 1.85. The van der Waals surface area contributed by atoms with E-state index in [-0.39, 0.29) is 12.1 Å². The number of nitrogens with zero attached hydrogens (tertiary/aromatic N) is 1. The highest BCUT2D eigenvalue weighted by molar-refractivity contribution is 5.73. The molecule has 4 heteroatoms. The van der Waals surface area contributed by atoms with Gasteiger partial charge in [0.2, 0.25) is 5.91 Å². The first kappa shape index (κ1) is 10.4. The first-order valence-corrected chi connectivity index (χ1v) is 3.65. The van der Waals surface area contributed by atoms with Crippen LogP contribution in [0.5, 0.6) is 0 Å². The quantitative estimate of drug-likeness (QED) is 0.559. The van der Waals surface area contributed by atoms with Gasteiger partial charge in [0, 0.05) is 6.92 Å². The first-order valence-electron chi connectivity index (χ1n) is 3.65. The summed E-state index contributed by atoms with van der Waals surface area (Å²) in [6, 6.07) is 0. The Morgan fingerprint density at radius 3 is 2.09 bits per heavy atom. The maximum atomic E-state index is 10.9. The molecular weight excluding hydrogens is 144 g/mol. The molecule has 2 atom stereocenters. The number of hydrogen-bond acceptors (Lipinski definition) is 3. The Morgan fingerprint density at radius 1 is 1.55 bits per heavy atom. The summed E-state index contributed by atoms with van der Waals surface area (Å²) in [5, 5.41) is 12.0. The molecule has 0 aliphatic rings. The molecule has 0 spiro atoms. The highest BCUT2D eigenvalue weighted by Crippen LogP contribution is 2.00. The Balaban J connectivity index is 4.21. The topological polar surface area (TPSA) is 52.6 Å². The molecular formula is C7H16N2O2. The molecule has 1 amide bonds. The van der Waals surface area contributed by atoms with Crippen LogP contribution in [0.1, 0.15) is 20.8 Å². The summed E-state index contributed by atoms with van der Waals surface area (Å²) < 4.78 is 0. The Morgan fingerprint density at radius 2 is 2.00 bits per heavy atom. The van der Waals surface area contributed by atoms with Crippen LogP contribution in [0.15, 0.2) is 0 Å². The molecule has 0 rings (SSSR count). The fourth-order valence-electron chi connectivity index (χ4n) is 0.999. The zero-order valence-electron chi connectivity index (χ0n) is 7.46. The average molecular weight is 160 g/mol. The molecule has 66 valence electrons. The van der Waals surface area contributed by atoms with Gasteiger partial charge in [0.15, 0.2) is 0 Å². The Kier molecular flexibility index (Phi) is 4.07. The molecule has 0 aliphatic heterocycles. The van der Waals surface area contributed by atoms with Crippen LogP contribution in [-0.2, 0) is 4.79 Å². The number of aliphatic hydroxyl groups excluding tert-OH is 1. The third-order valence-electron chi connectivity index (χ3n) is 1.60. The van der Waals surface area contributed by atoms with Crippen LogP contribution in [0.2, 0.25) is 0 Å². The summed E-state index contributed by atoms with van der Waals surface area (Å²) >= 11 is 0. The smallest absolute Gasteiger partial charge is 0.222 e. The van der Waals surface area contributed by atoms with E-state index in [1.54, 1.807) is 14.0 Å². The van der Waals surface area contributed by atoms with E-state index in [0.29, 0.717) is 0 Å². The van der Waals surface area contributed by atoms with Crippen LogP contribution in [0.25, 0.3) is 0 Å². The molecule has 11 heavy (non-hydrogen) atoms. The molecule has 2 N–H and O–H groups in total. The lowest BCUT2D eigenvalue weighted by molar-refractivity contribution is -0.142. The van der Waals surface area contributed by atoms with Crippen molar-refractivity contribution in [3.8, 4) is 0 Å². The van der Waals surface area contributed by atoms with Gasteiger partial charge >= 0.3 is 0 Å². The molecule has 0 bridgehead atoms. The summed E-state index contributed by atoms with van der Waals surface area (Å²) in [5.74, 6) is -0.137. The second-order valence-corrected chi connectivity index (χ2v) is 2.52. The lowest BCUT2D eigenvalue weighted by Crippen LogP contribution is -2.49. The van der Waals surface area contributed by atoms with Gasteiger partial charge < -0.3 is 15.3 Å². The highest BCUT2D eigenvalue weighted by atomic mass is 16.3. The van der Waals surface area contributed by atoms with Gasteiger partial charge in [-0.1, -0.05) is 0 Å². The monoisotopic (exact) mass is 160 g/mol. The van der Waals surface area contributed by atoms with E-state index in [2.05, 4.69) is 5.32 Å². The fraction of sp³-hybridized carbons (Fsp3) is 0.857. The molecule has 4 nitrogen and oxygen atoms in total. The van der Waals surface area contributed by atoms with Crippen molar-refractivity contribution in [3.63, 3.8) is 0 Å². The van der Waals surface area contributed by atoms with Crippen molar-refractivity contribution in [2.24, 2.45) is 0 Å². The number of nitrogens with one attached hydrogen (secondary N) is 1. The molecule has 0 saturated carbocycles. The number of rotatable bonds is 3. The molecule has 2 unspecified atom stereocenters. The van der Waals surface area contributed by atoms with E-state index < -0.39 is 6.23 Å². The predicted molar refractivity (Wildman–Crippen MR) is 42.7 cm³/mol. The minimum Gasteiger partial charge on any atom is -0.374 e. The van der Waals surface area contributed by atoms with Crippen molar-refractivity contribution < 1.29 is 9.90 Å². The van der Waals surface area contributed by atoms with Gasteiger partial charge in [-0.15, -0.1) is 0 Å². The van der Waals surface area contributed by atoms with E-state index in [9.17, 15) is 4.79 Å². The van der Waals surface area contributed by atoms with Crippen molar-refractivity contribution in [2.75, 3.05) is 7.05 Å². The maximum Gasteiger partial charge on any atom is 0.222 e. The van der Waals surface area contributed by atoms with Gasteiger partial charge in [-0.05, 0) is 20.9 Å². The number of carbonyl (C=O) groups is 1. The van der Waals surface area contributed by atoms with Gasteiger partial charge in [-0.3, -0.25) is 4.79 Å². The SMILES string of the molecule is CNC(C)N(C(C)=O)C(C)O. The van der Waals surface area contributed by atoms with Crippen LogP contribution in [-0.4, -0.2) is 35.4 Å². The molecule has 0 heterocycles. The van der Waals surface area contributed by atoms with E-state index in [1.165, 1.54) is 11.8 Å². The molecule has 0 aromatic heterocycles. The number of aliphatic hydroxyl groups is 1. The fourth-order valence-corrected chi connectivity index (χ4v) is 0.999. The number of hydrogen-bond donors (Lipinski definition) is 2. The van der Waals surface area contributed by atoms with Gasteiger partial charge in [0.05, 0.1) is 6.17 Å². The zero-order chi connectivity index (χ0) is 9.02. The van der Waals surface area contributed by atoms with Crippen LogP contribution in [0.3, 0.4) is 0 Å². The Bertz CT molecular complexity index is 136. The van der Waals surface area contributed by atoms with Crippen LogP contribution in [0.4, 0.5) is 0 Å². The molecule has 0 aromatic rings. The van der Waals surface area contributed by atoms with Crippen molar-refractivity contribution in [1.29, 1.82) is 0 Å². The molecule has 0 saturated heterocycles. The summed E-state index contributed by atoms with van der Waals surface area (Å²) in [4.78, 5) is 12.3. The van der Waals surface area contributed by atoms with Crippen molar-refractivity contribution in [1.82, 2.24) is 10.2 Å².